The summed E-state index contributed by atoms with van der Waals surface area (Å²) in [7, 11) is 0. The highest BCUT2D eigenvalue weighted by atomic mass is 16.3. The number of aromatic nitrogens is 2. The lowest BCUT2D eigenvalue weighted by atomic mass is 10.2. The van der Waals surface area contributed by atoms with Crippen LogP contribution in [0.5, 0.6) is 11.8 Å². The first-order valence-electron chi connectivity index (χ1n) is 8.48. The Kier molecular flexibility index (Phi) is 3.87. The molecule has 0 atom stereocenters. The van der Waals surface area contributed by atoms with Crippen molar-refractivity contribution >= 4 is 33.2 Å². The molecule has 27 heavy (non-hydrogen) atoms. The second kappa shape index (κ2) is 6.36. The van der Waals surface area contributed by atoms with E-state index < -0.39 is 0 Å². The number of aryl methyl sites for hydroxylation is 2. The zero-order valence-corrected chi connectivity index (χ0v) is 14.3. The summed E-state index contributed by atoms with van der Waals surface area (Å²) in [5.74, 6) is -0.210. The van der Waals surface area contributed by atoms with E-state index in [1.807, 2.05) is 36.4 Å². The van der Waals surface area contributed by atoms with Crippen LogP contribution in [0.4, 0.5) is 11.4 Å². The van der Waals surface area contributed by atoms with Gasteiger partial charge in [-0.2, -0.15) is 0 Å². The molecular weight excluding hydrogens is 344 g/mol. The summed E-state index contributed by atoms with van der Waals surface area (Å²) >= 11 is 0. The number of para-hydroxylation sites is 2. The SMILES string of the molecule is N#[N+]c1c(O)n(CCCn2c(O)c([N+]#N)c3ccccc32)c2ccccc12. The Balaban J connectivity index is 1.66. The van der Waals surface area contributed by atoms with Crippen LogP contribution in [0, 0.1) is 10.8 Å². The maximum absolute atomic E-state index is 10.4. The van der Waals surface area contributed by atoms with E-state index in [2.05, 4.69) is 9.95 Å². The Bertz CT molecular complexity index is 1160. The smallest absolute Gasteiger partial charge is 0.453 e. The van der Waals surface area contributed by atoms with E-state index in [1.54, 1.807) is 21.3 Å². The van der Waals surface area contributed by atoms with Gasteiger partial charge >= 0.3 is 11.4 Å². The summed E-state index contributed by atoms with van der Waals surface area (Å²) in [4.78, 5) is 6.40. The van der Waals surface area contributed by atoms with E-state index in [9.17, 15) is 21.0 Å². The summed E-state index contributed by atoms with van der Waals surface area (Å²) in [6, 6.07) is 14.6. The molecule has 0 spiro atoms. The van der Waals surface area contributed by atoms with Gasteiger partial charge in [0.2, 0.25) is 10.8 Å². The molecule has 0 radical (unpaired) electrons. The number of benzene rings is 2. The minimum atomic E-state index is -0.105. The molecule has 0 aliphatic carbocycles. The van der Waals surface area contributed by atoms with Crippen LogP contribution < -0.4 is 0 Å². The average Bonchev–Trinajstić information content (AvgIpc) is 3.12. The van der Waals surface area contributed by atoms with Gasteiger partial charge in [0.25, 0.3) is 11.8 Å². The summed E-state index contributed by atoms with van der Waals surface area (Å²) in [6.07, 6.45) is 0.578. The van der Waals surface area contributed by atoms with Gasteiger partial charge in [-0.15, -0.1) is 0 Å². The summed E-state index contributed by atoms with van der Waals surface area (Å²) < 4.78 is 3.34. The van der Waals surface area contributed by atoms with Gasteiger partial charge in [-0.3, -0.25) is 0 Å². The van der Waals surface area contributed by atoms with Crippen molar-refractivity contribution in [1.82, 2.24) is 9.13 Å². The van der Waals surface area contributed by atoms with Crippen molar-refractivity contribution in [1.29, 1.82) is 10.8 Å². The highest BCUT2D eigenvalue weighted by molar-refractivity contribution is 5.97. The monoisotopic (exact) mass is 360 g/mol. The number of hydrogen-bond acceptors (Lipinski definition) is 4. The first kappa shape index (κ1) is 16.4. The third kappa shape index (κ3) is 2.43. The lowest BCUT2D eigenvalue weighted by Crippen LogP contribution is -2.03. The molecule has 2 heterocycles. The fourth-order valence-electron chi connectivity index (χ4n) is 3.58. The fraction of sp³-hybridized carbons (Fsp3) is 0.158. The number of aromatic hydroxyl groups is 2. The number of nitrogens with zero attached hydrogens (tertiary/aromatic N) is 6. The lowest BCUT2D eigenvalue weighted by molar-refractivity contribution is 0.400. The molecule has 2 N–H and O–H groups in total. The molecule has 0 bridgehead atoms. The molecule has 4 aromatic rings. The predicted octanol–water partition coefficient (Wildman–Crippen LogP) is 5.07. The number of fused-ring (bicyclic) bond motifs is 2. The van der Waals surface area contributed by atoms with Crippen LogP contribution in [0.3, 0.4) is 0 Å². The van der Waals surface area contributed by atoms with Gasteiger partial charge in [0.1, 0.15) is 0 Å². The van der Waals surface area contributed by atoms with Crippen molar-refractivity contribution in [2.24, 2.45) is 0 Å². The highest BCUT2D eigenvalue weighted by Gasteiger charge is 2.28. The zero-order chi connectivity index (χ0) is 19.0. The molecule has 0 aliphatic heterocycles. The van der Waals surface area contributed by atoms with E-state index in [-0.39, 0.29) is 23.1 Å². The van der Waals surface area contributed by atoms with Crippen LogP contribution in [-0.4, -0.2) is 19.3 Å². The molecule has 0 amide bonds. The van der Waals surface area contributed by atoms with Gasteiger partial charge in [-0.25, -0.2) is 0 Å². The largest absolute Gasteiger partial charge is 0.489 e. The molecule has 0 saturated heterocycles. The van der Waals surface area contributed by atoms with Crippen LogP contribution in [0.1, 0.15) is 6.42 Å². The van der Waals surface area contributed by atoms with E-state index in [4.69, 9.17) is 0 Å². The minimum absolute atomic E-state index is 0.105. The first-order chi connectivity index (χ1) is 13.2. The Hall–Kier alpha value is -4.04. The maximum atomic E-state index is 10.4. The quantitative estimate of drug-likeness (QED) is 0.496. The molecule has 132 valence electrons. The summed E-state index contributed by atoms with van der Waals surface area (Å²) in [5.41, 5.74) is 1.80. The zero-order valence-electron chi connectivity index (χ0n) is 14.3. The first-order valence-corrected chi connectivity index (χ1v) is 8.48. The Labute approximate surface area is 153 Å². The van der Waals surface area contributed by atoms with Crippen LogP contribution in [0.15, 0.2) is 48.5 Å². The molecule has 0 saturated carbocycles. The topological polar surface area (TPSA) is 107 Å². The summed E-state index contributed by atoms with van der Waals surface area (Å²) in [6.45, 7) is 0.888. The number of diazo groups is 2. The van der Waals surface area contributed by atoms with E-state index in [0.29, 0.717) is 30.3 Å². The summed E-state index contributed by atoms with van der Waals surface area (Å²) in [5, 5.41) is 40.5. The van der Waals surface area contributed by atoms with Gasteiger partial charge < -0.3 is 19.3 Å². The lowest BCUT2D eigenvalue weighted by Gasteiger charge is -2.08. The van der Waals surface area contributed by atoms with Crippen molar-refractivity contribution in [2.75, 3.05) is 0 Å². The van der Waals surface area contributed by atoms with Crippen molar-refractivity contribution in [3.63, 3.8) is 0 Å². The van der Waals surface area contributed by atoms with E-state index in [1.165, 1.54) is 0 Å². The molecule has 2 aromatic heterocycles. The predicted molar refractivity (Wildman–Crippen MR) is 101 cm³/mol. The third-order valence-corrected chi connectivity index (χ3v) is 4.80. The molecule has 8 nitrogen and oxygen atoms in total. The van der Waals surface area contributed by atoms with Gasteiger partial charge in [0, 0.05) is 13.1 Å². The fourth-order valence-corrected chi connectivity index (χ4v) is 3.58. The molecular formula is C19H16N6O2+2. The Morgan fingerprint density at radius 1 is 0.704 bits per heavy atom. The van der Waals surface area contributed by atoms with Crippen molar-refractivity contribution in [3.05, 3.63) is 58.5 Å². The van der Waals surface area contributed by atoms with Crippen molar-refractivity contribution in [2.45, 2.75) is 19.5 Å². The Morgan fingerprint density at radius 3 is 1.52 bits per heavy atom. The van der Waals surface area contributed by atoms with Crippen LogP contribution >= 0.6 is 0 Å². The maximum Gasteiger partial charge on any atom is 0.453 e. The van der Waals surface area contributed by atoms with E-state index in [0.717, 1.165) is 11.0 Å². The molecule has 2 aromatic carbocycles. The highest BCUT2D eigenvalue weighted by Crippen LogP contribution is 2.40. The van der Waals surface area contributed by atoms with Crippen LogP contribution in [0.25, 0.3) is 31.8 Å². The van der Waals surface area contributed by atoms with Crippen molar-refractivity contribution < 1.29 is 10.2 Å². The number of rotatable bonds is 4. The van der Waals surface area contributed by atoms with E-state index >= 15 is 0 Å². The van der Waals surface area contributed by atoms with Gasteiger partial charge in [0.05, 0.1) is 21.8 Å². The number of hydrogen-bond donors (Lipinski definition) is 2. The second-order valence-electron chi connectivity index (χ2n) is 6.24. The Morgan fingerprint density at radius 2 is 1.11 bits per heavy atom. The average molecular weight is 360 g/mol. The molecule has 0 unspecified atom stereocenters. The van der Waals surface area contributed by atoms with Gasteiger partial charge in [0.15, 0.2) is 9.95 Å². The van der Waals surface area contributed by atoms with Crippen molar-refractivity contribution in [3.8, 4) is 11.8 Å². The molecule has 0 aliphatic rings. The molecule has 0 fully saturated rings. The third-order valence-electron chi connectivity index (χ3n) is 4.80. The van der Waals surface area contributed by atoms with Crippen LogP contribution in [-0.2, 0) is 13.1 Å². The molecule has 8 heteroatoms. The minimum Gasteiger partial charge on any atom is -0.489 e. The normalized spacial score (nSPS) is 10.9. The van der Waals surface area contributed by atoms with Gasteiger partial charge in [-0.05, 0) is 30.7 Å². The standard InChI is InChI=1S/C19H14N6O2/c20-22-16-12-6-1-3-8-14(12)24(18(16)26)10-5-11-25-15-9-4-2-7-13(15)17(23-21)19(25)27/h1-4,6-9H,5,10-11H2/p+2. The van der Waals surface area contributed by atoms with Crippen LogP contribution in [0.2, 0.25) is 0 Å². The van der Waals surface area contributed by atoms with Gasteiger partial charge in [-0.1, -0.05) is 24.3 Å². The second-order valence-corrected chi connectivity index (χ2v) is 6.24. The molecule has 4 rings (SSSR count).